The van der Waals surface area contributed by atoms with Crippen LogP contribution in [-0.4, -0.2) is 10.4 Å². The molecule has 0 aliphatic heterocycles. The van der Waals surface area contributed by atoms with Crippen molar-refractivity contribution >= 4 is 16.7 Å². The number of benzene rings is 1. The number of ketones is 1. The molecule has 0 radical (unpaired) electrons. The Morgan fingerprint density at radius 1 is 1.47 bits per heavy atom. The minimum Gasteiger partial charge on any atom is -0.347 e. The van der Waals surface area contributed by atoms with Gasteiger partial charge >= 0.3 is 0 Å². The third kappa shape index (κ3) is 1.88. The van der Waals surface area contributed by atoms with Crippen LogP contribution in [0.3, 0.4) is 0 Å². The first-order chi connectivity index (χ1) is 9.09. The van der Waals surface area contributed by atoms with Crippen LogP contribution in [-0.2, 0) is 18.3 Å². The van der Waals surface area contributed by atoms with Gasteiger partial charge in [0.2, 0.25) is 0 Å². The lowest BCUT2D eigenvalue weighted by molar-refractivity contribution is -0.117. The van der Waals surface area contributed by atoms with E-state index in [2.05, 4.69) is 4.57 Å². The average molecular weight is 259 g/mol. The first kappa shape index (κ1) is 12.4. The molecule has 0 fully saturated rings. The highest BCUT2D eigenvalue weighted by Crippen LogP contribution is 2.41. The molecule has 3 rings (SSSR count). The van der Waals surface area contributed by atoms with Gasteiger partial charge in [0.25, 0.3) is 0 Å². The van der Waals surface area contributed by atoms with Crippen molar-refractivity contribution in [1.82, 2.24) is 4.57 Å². The first-order valence-electron chi connectivity index (χ1n) is 6.84. The molecule has 3 heteroatoms. The number of carbonyl (C=O) groups is 1. The maximum Gasteiger partial charge on any atom is 0.132 e. The fourth-order valence-electron chi connectivity index (χ4n) is 3.48. The molecule has 100 valence electrons. The van der Waals surface area contributed by atoms with Crippen molar-refractivity contribution in [3.8, 4) is 0 Å². The second-order valence-electron chi connectivity index (χ2n) is 5.55. The molecule has 0 amide bonds. The Kier molecular flexibility index (Phi) is 2.92. The summed E-state index contributed by atoms with van der Waals surface area (Å²) >= 11 is 0. The predicted molar refractivity (Wildman–Crippen MR) is 73.9 cm³/mol. The number of fused-ring (bicyclic) bond motifs is 3. The van der Waals surface area contributed by atoms with E-state index in [1.165, 1.54) is 11.8 Å². The summed E-state index contributed by atoms with van der Waals surface area (Å²) in [5.74, 6) is 0.206. The lowest BCUT2D eigenvalue weighted by atomic mass is 9.82. The van der Waals surface area contributed by atoms with Crippen molar-refractivity contribution < 1.29 is 9.18 Å². The highest BCUT2D eigenvalue weighted by molar-refractivity contribution is 5.88. The van der Waals surface area contributed by atoms with Gasteiger partial charge in [-0.2, -0.15) is 0 Å². The SMILES string of the molecule is CC(=O)CC1CCCc2c1c1c(F)cccc1n2C. The second-order valence-corrected chi connectivity index (χ2v) is 5.55. The van der Waals surface area contributed by atoms with Crippen molar-refractivity contribution in [2.45, 2.75) is 38.5 Å². The Morgan fingerprint density at radius 3 is 3.00 bits per heavy atom. The molecule has 0 saturated carbocycles. The van der Waals surface area contributed by atoms with E-state index < -0.39 is 0 Å². The van der Waals surface area contributed by atoms with Crippen LogP contribution in [0.4, 0.5) is 4.39 Å². The predicted octanol–water partition coefficient (Wildman–Crippen LogP) is 3.72. The molecule has 0 saturated heterocycles. The number of aryl methyl sites for hydroxylation is 1. The highest BCUT2D eigenvalue weighted by atomic mass is 19.1. The van der Waals surface area contributed by atoms with Gasteiger partial charge in [-0.3, -0.25) is 0 Å². The number of halogens is 1. The summed E-state index contributed by atoms with van der Waals surface area (Å²) in [5.41, 5.74) is 3.23. The third-order valence-electron chi connectivity index (χ3n) is 4.25. The van der Waals surface area contributed by atoms with Crippen molar-refractivity contribution in [3.05, 3.63) is 35.3 Å². The van der Waals surface area contributed by atoms with E-state index in [0.29, 0.717) is 6.42 Å². The van der Waals surface area contributed by atoms with E-state index >= 15 is 0 Å². The van der Waals surface area contributed by atoms with Gasteiger partial charge < -0.3 is 9.36 Å². The van der Waals surface area contributed by atoms with E-state index in [9.17, 15) is 9.18 Å². The zero-order chi connectivity index (χ0) is 13.6. The molecule has 0 N–H and O–H groups in total. The molecular formula is C16H18FNO. The fourth-order valence-corrected chi connectivity index (χ4v) is 3.48. The van der Waals surface area contributed by atoms with E-state index in [1.807, 2.05) is 13.1 Å². The largest absolute Gasteiger partial charge is 0.347 e. The number of hydrogen-bond donors (Lipinski definition) is 0. The van der Waals surface area contributed by atoms with E-state index in [1.54, 1.807) is 13.0 Å². The Balaban J connectivity index is 2.27. The van der Waals surface area contributed by atoms with Crippen LogP contribution >= 0.6 is 0 Å². The van der Waals surface area contributed by atoms with Crippen LogP contribution < -0.4 is 0 Å². The lowest BCUT2D eigenvalue weighted by Gasteiger charge is -2.23. The third-order valence-corrected chi connectivity index (χ3v) is 4.25. The Bertz CT molecular complexity index is 656. The molecule has 1 aromatic heterocycles. The van der Waals surface area contributed by atoms with E-state index in [0.717, 1.165) is 35.7 Å². The molecule has 1 aromatic carbocycles. The Hall–Kier alpha value is -1.64. The van der Waals surface area contributed by atoms with Crippen LogP contribution in [0.2, 0.25) is 0 Å². The minimum atomic E-state index is -0.162. The fraction of sp³-hybridized carbons (Fsp3) is 0.438. The monoisotopic (exact) mass is 259 g/mol. The van der Waals surface area contributed by atoms with Crippen molar-refractivity contribution in [2.75, 3.05) is 0 Å². The van der Waals surface area contributed by atoms with Gasteiger partial charge in [-0.15, -0.1) is 0 Å². The Morgan fingerprint density at radius 2 is 2.26 bits per heavy atom. The quantitative estimate of drug-likeness (QED) is 0.805. The van der Waals surface area contributed by atoms with Gasteiger partial charge in [-0.1, -0.05) is 6.07 Å². The first-order valence-corrected chi connectivity index (χ1v) is 6.84. The number of aromatic nitrogens is 1. The molecule has 0 bridgehead atoms. The summed E-state index contributed by atoms with van der Waals surface area (Å²) in [6.45, 7) is 1.62. The zero-order valence-electron chi connectivity index (χ0n) is 11.4. The van der Waals surface area contributed by atoms with Crippen LogP contribution in [0.15, 0.2) is 18.2 Å². The molecule has 19 heavy (non-hydrogen) atoms. The number of Topliss-reactive ketones (excluding diaryl/α,β-unsaturated/α-hetero) is 1. The molecule has 2 aromatic rings. The van der Waals surface area contributed by atoms with E-state index in [-0.39, 0.29) is 17.5 Å². The molecule has 1 atom stereocenters. The lowest BCUT2D eigenvalue weighted by Crippen LogP contribution is -2.13. The number of nitrogens with zero attached hydrogens (tertiary/aromatic N) is 1. The van der Waals surface area contributed by atoms with Crippen LogP contribution in [0.25, 0.3) is 10.9 Å². The van der Waals surface area contributed by atoms with Gasteiger partial charge in [-0.05, 0) is 49.8 Å². The van der Waals surface area contributed by atoms with E-state index in [4.69, 9.17) is 0 Å². The van der Waals surface area contributed by atoms with Gasteiger partial charge in [0.15, 0.2) is 0 Å². The summed E-state index contributed by atoms with van der Waals surface area (Å²) in [6.07, 6.45) is 3.57. The summed E-state index contributed by atoms with van der Waals surface area (Å²) in [7, 11) is 2.00. The molecule has 1 heterocycles. The summed E-state index contributed by atoms with van der Waals surface area (Å²) in [6, 6.07) is 5.23. The van der Waals surface area contributed by atoms with Gasteiger partial charge in [0.05, 0.1) is 5.52 Å². The molecule has 1 aliphatic carbocycles. The summed E-state index contributed by atoms with van der Waals surface area (Å²) < 4.78 is 16.3. The second kappa shape index (κ2) is 4.48. The molecule has 1 unspecified atom stereocenters. The molecule has 0 spiro atoms. The van der Waals surface area contributed by atoms with Crippen LogP contribution in [0.5, 0.6) is 0 Å². The summed E-state index contributed by atoms with van der Waals surface area (Å²) in [4.78, 5) is 11.4. The van der Waals surface area contributed by atoms with Crippen molar-refractivity contribution in [1.29, 1.82) is 0 Å². The molecule has 1 aliphatic rings. The number of rotatable bonds is 2. The van der Waals surface area contributed by atoms with Crippen LogP contribution in [0.1, 0.15) is 43.4 Å². The van der Waals surface area contributed by atoms with Crippen molar-refractivity contribution in [3.63, 3.8) is 0 Å². The smallest absolute Gasteiger partial charge is 0.132 e. The van der Waals surface area contributed by atoms with Crippen molar-refractivity contribution in [2.24, 2.45) is 7.05 Å². The summed E-state index contributed by atoms with van der Waals surface area (Å²) in [5, 5.41) is 0.728. The highest BCUT2D eigenvalue weighted by Gasteiger charge is 2.28. The number of hydrogen-bond acceptors (Lipinski definition) is 1. The van der Waals surface area contributed by atoms with Gasteiger partial charge in [0, 0.05) is 24.5 Å². The van der Waals surface area contributed by atoms with Gasteiger partial charge in [-0.25, -0.2) is 4.39 Å². The zero-order valence-corrected chi connectivity index (χ0v) is 11.4. The normalized spacial score (nSPS) is 18.6. The molecular weight excluding hydrogens is 241 g/mol. The topological polar surface area (TPSA) is 22.0 Å². The standard InChI is InChI=1S/C16H18FNO/c1-10(19)9-11-5-3-7-13-15(11)16-12(17)6-4-8-14(16)18(13)2/h4,6,8,11H,3,5,7,9H2,1-2H3. The molecule has 2 nitrogen and oxygen atoms in total. The Labute approximate surface area is 112 Å². The minimum absolute atomic E-state index is 0.162. The maximum absolute atomic E-state index is 14.2. The number of carbonyl (C=O) groups excluding carboxylic acids is 1. The average Bonchev–Trinajstić information content (AvgIpc) is 2.66. The van der Waals surface area contributed by atoms with Gasteiger partial charge in [0.1, 0.15) is 11.6 Å². The van der Waals surface area contributed by atoms with Crippen LogP contribution in [0, 0.1) is 5.82 Å². The maximum atomic E-state index is 14.2.